The van der Waals surface area contributed by atoms with Crippen molar-refractivity contribution < 1.29 is 9.26 Å². The molecule has 0 N–H and O–H groups in total. The van der Waals surface area contributed by atoms with Crippen molar-refractivity contribution >= 4 is 11.6 Å². The standard InChI is InChI=1S/C20H20ClNO2/c1-20(2,15-8-4-3-5-9-15)14-23-13-16-12-19(22-24-16)17-10-6-7-11-18(17)21/h3-12H,13-14H2,1-2H3. The van der Waals surface area contributed by atoms with Crippen LogP contribution in [0.4, 0.5) is 0 Å². The van der Waals surface area contributed by atoms with Crippen LogP contribution in [0.15, 0.2) is 65.2 Å². The number of hydrogen-bond acceptors (Lipinski definition) is 3. The Bertz CT molecular complexity index is 796. The van der Waals surface area contributed by atoms with Gasteiger partial charge in [0.2, 0.25) is 0 Å². The van der Waals surface area contributed by atoms with Crippen molar-refractivity contribution in [2.24, 2.45) is 0 Å². The van der Waals surface area contributed by atoms with Crippen LogP contribution in [0.3, 0.4) is 0 Å². The number of rotatable bonds is 6. The molecule has 3 nitrogen and oxygen atoms in total. The second-order valence-electron chi connectivity index (χ2n) is 6.40. The van der Waals surface area contributed by atoms with Gasteiger partial charge in [-0.05, 0) is 11.6 Å². The molecule has 24 heavy (non-hydrogen) atoms. The smallest absolute Gasteiger partial charge is 0.163 e. The molecule has 0 aliphatic rings. The average Bonchev–Trinajstić information content (AvgIpc) is 3.04. The highest BCUT2D eigenvalue weighted by Crippen LogP contribution is 2.28. The summed E-state index contributed by atoms with van der Waals surface area (Å²) in [5.41, 5.74) is 2.77. The maximum atomic E-state index is 6.19. The van der Waals surface area contributed by atoms with E-state index in [1.807, 2.05) is 48.5 Å². The van der Waals surface area contributed by atoms with Gasteiger partial charge >= 0.3 is 0 Å². The summed E-state index contributed by atoms with van der Waals surface area (Å²) in [6.45, 7) is 5.31. The Morgan fingerprint density at radius 3 is 2.50 bits per heavy atom. The van der Waals surface area contributed by atoms with Crippen molar-refractivity contribution in [1.82, 2.24) is 5.16 Å². The van der Waals surface area contributed by atoms with Gasteiger partial charge in [-0.25, -0.2) is 0 Å². The van der Waals surface area contributed by atoms with Crippen LogP contribution in [-0.2, 0) is 16.8 Å². The van der Waals surface area contributed by atoms with Crippen molar-refractivity contribution in [2.75, 3.05) is 6.61 Å². The normalized spacial score (nSPS) is 11.6. The fraction of sp³-hybridized carbons (Fsp3) is 0.250. The van der Waals surface area contributed by atoms with E-state index in [2.05, 4.69) is 31.1 Å². The molecule has 0 aliphatic carbocycles. The summed E-state index contributed by atoms with van der Waals surface area (Å²) in [4.78, 5) is 0. The van der Waals surface area contributed by atoms with E-state index in [4.69, 9.17) is 20.9 Å². The highest BCUT2D eigenvalue weighted by Gasteiger charge is 2.21. The maximum absolute atomic E-state index is 6.19. The van der Waals surface area contributed by atoms with E-state index < -0.39 is 0 Å². The number of nitrogens with zero attached hydrogens (tertiary/aromatic N) is 1. The van der Waals surface area contributed by atoms with Crippen LogP contribution in [0.1, 0.15) is 25.2 Å². The lowest BCUT2D eigenvalue weighted by Gasteiger charge is -2.24. The molecule has 0 unspecified atom stereocenters. The van der Waals surface area contributed by atoms with E-state index in [0.29, 0.717) is 24.0 Å². The number of benzene rings is 2. The summed E-state index contributed by atoms with van der Waals surface area (Å²) in [5, 5.41) is 4.74. The van der Waals surface area contributed by atoms with Gasteiger partial charge in [-0.1, -0.05) is 79.1 Å². The summed E-state index contributed by atoms with van der Waals surface area (Å²) in [5.74, 6) is 0.689. The van der Waals surface area contributed by atoms with E-state index >= 15 is 0 Å². The first-order valence-corrected chi connectivity index (χ1v) is 8.28. The van der Waals surface area contributed by atoms with Crippen LogP contribution in [0.5, 0.6) is 0 Å². The molecule has 3 rings (SSSR count). The van der Waals surface area contributed by atoms with Gasteiger partial charge in [0, 0.05) is 17.0 Å². The zero-order chi connectivity index (χ0) is 17.0. The Hall–Kier alpha value is -2.10. The van der Waals surface area contributed by atoms with Gasteiger partial charge in [0.25, 0.3) is 0 Å². The maximum Gasteiger partial charge on any atom is 0.163 e. The molecule has 124 valence electrons. The molecule has 1 aromatic heterocycles. The topological polar surface area (TPSA) is 35.3 Å². The summed E-state index contributed by atoms with van der Waals surface area (Å²) >= 11 is 6.19. The molecule has 2 aromatic carbocycles. The molecule has 0 fully saturated rings. The Labute approximate surface area is 147 Å². The summed E-state index contributed by atoms with van der Waals surface area (Å²) in [6, 6.07) is 19.8. The predicted octanol–water partition coefficient (Wildman–Crippen LogP) is 5.49. The Kier molecular flexibility index (Phi) is 5.03. The summed E-state index contributed by atoms with van der Waals surface area (Å²) < 4.78 is 11.2. The first-order chi connectivity index (χ1) is 11.6. The molecule has 0 amide bonds. The second kappa shape index (κ2) is 7.20. The first-order valence-electron chi connectivity index (χ1n) is 7.90. The Morgan fingerprint density at radius 1 is 1.04 bits per heavy atom. The van der Waals surface area contributed by atoms with Gasteiger partial charge in [-0.2, -0.15) is 0 Å². The van der Waals surface area contributed by atoms with Gasteiger partial charge in [-0.15, -0.1) is 0 Å². The first kappa shape index (κ1) is 16.7. The number of hydrogen-bond donors (Lipinski definition) is 0. The molecule has 4 heteroatoms. The van der Waals surface area contributed by atoms with E-state index in [0.717, 1.165) is 11.3 Å². The molecule has 0 bridgehead atoms. The molecule has 0 saturated heterocycles. The van der Waals surface area contributed by atoms with Crippen molar-refractivity contribution in [3.05, 3.63) is 77.0 Å². The highest BCUT2D eigenvalue weighted by molar-refractivity contribution is 6.33. The lowest BCUT2D eigenvalue weighted by Crippen LogP contribution is -2.24. The van der Waals surface area contributed by atoms with E-state index in [1.54, 1.807) is 0 Å². The fourth-order valence-electron chi connectivity index (χ4n) is 2.56. The average molecular weight is 342 g/mol. The molecular weight excluding hydrogens is 322 g/mol. The Balaban J connectivity index is 1.61. The molecule has 1 heterocycles. The molecule has 0 radical (unpaired) electrons. The van der Waals surface area contributed by atoms with Crippen molar-refractivity contribution in [3.63, 3.8) is 0 Å². The third kappa shape index (κ3) is 3.86. The van der Waals surface area contributed by atoms with Gasteiger partial charge < -0.3 is 9.26 Å². The monoisotopic (exact) mass is 341 g/mol. The van der Waals surface area contributed by atoms with E-state index in [1.165, 1.54) is 5.56 Å². The lowest BCUT2D eigenvalue weighted by atomic mass is 9.86. The van der Waals surface area contributed by atoms with Gasteiger partial charge in [0.1, 0.15) is 12.3 Å². The molecular formula is C20H20ClNO2. The number of ether oxygens (including phenoxy) is 1. The quantitative estimate of drug-likeness (QED) is 0.594. The molecule has 0 spiro atoms. The lowest BCUT2D eigenvalue weighted by molar-refractivity contribution is 0.0678. The SMILES string of the molecule is CC(C)(COCc1cc(-c2ccccc2Cl)no1)c1ccccc1. The molecule has 0 atom stereocenters. The zero-order valence-electron chi connectivity index (χ0n) is 13.8. The van der Waals surface area contributed by atoms with Gasteiger partial charge in [0.05, 0.1) is 11.6 Å². The summed E-state index contributed by atoms with van der Waals surface area (Å²) in [6.07, 6.45) is 0. The summed E-state index contributed by atoms with van der Waals surface area (Å²) in [7, 11) is 0. The Morgan fingerprint density at radius 2 is 1.75 bits per heavy atom. The largest absolute Gasteiger partial charge is 0.372 e. The third-order valence-corrected chi connectivity index (χ3v) is 4.30. The van der Waals surface area contributed by atoms with Crippen molar-refractivity contribution in [1.29, 1.82) is 0 Å². The third-order valence-electron chi connectivity index (χ3n) is 3.97. The van der Waals surface area contributed by atoms with Crippen LogP contribution in [0.25, 0.3) is 11.3 Å². The number of halogens is 1. The molecule has 0 aliphatic heterocycles. The minimum atomic E-state index is -0.0626. The van der Waals surface area contributed by atoms with Crippen molar-refractivity contribution in [2.45, 2.75) is 25.9 Å². The van der Waals surface area contributed by atoms with Crippen molar-refractivity contribution in [3.8, 4) is 11.3 Å². The highest BCUT2D eigenvalue weighted by atomic mass is 35.5. The van der Waals surface area contributed by atoms with Crippen LogP contribution < -0.4 is 0 Å². The molecule has 3 aromatic rings. The van der Waals surface area contributed by atoms with Crippen LogP contribution in [-0.4, -0.2) is 11.8 Å². The van der Waals surface area contributed by atoms with E-state index in [9.17, 15) is 0 Å². The minimum absolute atomic E-state index is 0.0626. The van der Waals surface area contributed by atoms with E-state index in [-0.39, 0.29) is 5.41 Å². The fourth-order valence-corrected chi connectivity index (χ4v) is 2.79. The van der Waals surface area contributed by atoms with Crippen LogP contribution >= 0.6 is 11.6 Å². The second-order valence-corrected chi connectivity index (χ2v) is 6.81. The van der Waals surface area contributed by atoms with Crippen LogP contribution in [0.2, 0.25) is 5.02 Å². The van der Waals surface area contributed by atoms with Crippen LogP contribution in [0, 0.1) is 0 Å². The number of aromatic nitrogens is 1. The van der Waals surface area contributed by atoms with Gasteiger partial charge in [-0.3, -0.25) is 0 Å². The predicted molar refractivity (Wildman–Crippen MR) is 96.1 cm³/mol. The minimum Gasteiger partial charge on any atom is -0.372 e. The zero-order valence-corrected chi connectivity index (χ0v) is 14.6. The van der Waals surface area contributed by atoms with Gasteiger partial charge in [0.15, 0.2) is 5.76 Å². The molecule has 0 saturated carbocycles.